The van der Waals surface area contributed by atoms with Crippen LogP contribution in [0, 0.1) is 0 Å². The molecule has 0 amide bonds. The minimum atomic E-state index is -0.0370. The van der Waals surface area contributed by atoms with Crippen molar-refractivity contribution in [2.75, 3.05) is 0 Å². The van der Waals surface area contributed by atoms with E-state index in [1.54, 1.807) is 6.21 Å². The number of nitrogens with zero attached hydrogens (tertiary/aromatic N) is 2. The van der Waals surface area contributed by atoms with Crippen LogP contribution >= 0.6 is 0 Å². The van der Waals surface area contributed by atoms with E-state index in [9.17, 15) is 0 Å². The topological polar surface area (TPSA) is 76.8 Å². The second kappa shape index (κ2) is 5.48. The molecular weight excluding hydrogens is 212 g/mol. The van der Waals surface area contributed by atoms with Gasteiger partial charge >= 0.3 is 0 Å². The van der Waals surface area contributed by atoms with E-state index in [4.69, 9.17) is 11.5 Å². The van der Waals surface area contributed by atoms with Crippen molar-refractivity contribution in [3.63, 3.8) is 0 Å². The number of benzene rings is 1. The molecule has 17 heavy (non-hydrogen) atoms. The predicted molar refractivity (Wildman–Crippen MR) is 73.2 cm³/mol. The number of guanidine groups is 1. The van der Waals surface area contributed by atoms with Crippen molar-refractivity contribution in [2.45, 2.75) is 32.6 Å². The number of hydrogen-bond donors (Lipinski definition) is 2. The van der Waals surface area contributed by atoms with Gasteiger partial charge in [0.1, 0.15) is 0 Å². The summed E-state index contributed by atoms with van der Waals surface area (Å²) in [6.45, 7) is 6.65. The maximum Gasteiger partial charge on any atom is 0.211 e. The maximum absolute atomic E-state index is 5.17. The van der Waals surface area contributed by atoms with Crippen LogP contribution in [0.2, 0.25) is 0 Å². The molecule has 4 nitrogen and oxygen atoms in total. The Morgan fingerprint density at radius 3 is 2.29 bits per heavy atom. The fraction of sp³-hybridized carbons (Fsp3) is 0.385. The third-order valence-electron chi connectivity index (χ3n) is 2.96. The zero-order valence-corrected chi connectivity index (χ0v) is 10.6. The first-order chi connectivity index (χ1) is 7.95. The molecule has 0 aliphatic carbocycles. The summed E-state index contributed by atoms with van der Waals surface area (Å²) in [6, 6.07) is 8.25. The lowest BCUT2D eigenvalue weighted by molar-refractivity contribution is 0.506. The van der Waals surface area contributed by atoms with Gasteiger partial charge in [-0.2, -0.15) is 5.10 Å². The molecule has 1 aromatic carbocycles. The summed E-state index contributed by atoms with van der Waals surface area (Å²) < 4.78 is 0. The molecule has 0 atom stereocenters. The summed E-state index contributed by atoms with van der Waals surface area (Å²) in [4.78, 5) is 0. The molecule has 0 unspecified atom stereocenters. The van der Waals surface area contributed by atoms with Gasteiger partial charge in [0.05, 0.1) is 6.21 Å². The Labute approximate surface area is 102 Å². The average molecular weight is 232 g/mol. The molecule has 4 N–H and O–H groups in total. The maximum atomic E-state index is 5.17. The molecule has 0 aliphatic rings. The second-order valence-electron chi connectivity index (χ2n) is 4.63. The Morgan fingerprint density at radius 1 is 1.24 bits per heavy atom. The Bertz CT molecular complexity index is 412. The molecule has 0 radical (unpaired) electrons. The van der Waals surface area contributed by atoms with Crippen molar-refractivity contribution in [3.05, 3.63) is 35.4 Å². The molecular formula is C13H20N4. The van der Waals surface area contributed by atoms with E-state index in [-0.39, 0.29) is 11.4 Å². The molecule has 0 saturated heterocycles. The molecule has 0 heterocycles. The molecule has 0 spiro atoms. The van der Waals surface area contributed by atoms with Crippen molar-refractivity contribution in [3.8, 4) is 0 Å². The summed E-state index contributed by atoms with van der Waals surface area (Å²) in [6.07, 6.45) is 2.73. The summed E-state index contributed by atoms with van der Waals surface area (Å²) in [7, 11) is 0. The van der Waals surface area contributed by atoms with Crippen LogP contribution in [0.1, 0.15) is 38.3 Å². The van der Waals surface area contributed by atoms with Gasteiger partial charge in [-0.3, -0.25) is 0 Å². The van der Waals surface area contributed by atoms with Crippen LogP contribution in [0.15, 0.2) is 34.5 Å². The average Bonchev–Trinajstić information content (AvgIpc) is 2.29. The molecule has 92 valence electrons. The molecule has 1 aromatic rings. The summed E-state index contributed by atoms with van der Waals surface area (Å²) in [5.41, 5.74) is 12.8. The fourth-order valence-corrected chi connectivity index (χ4v) is 1.39. The van der Waals surface area contributed by atoms with Gasteiger partial charge in [0.25, 0.3) is 0 Å². The minimum absolute atomic E-state index is 0.0370. The van der Waals surface area contributed by atoms with Gasteiger partial charge in [-0.15, -0.1) is 5.10 Å². The van der Waals surface area contributed by atoms with Crippen molar-refractivity contribution >= 4 is 12.2 Å². The lowest BCUT2D eigenvalue weighted by atomic mass is 9.82. The van der Waals surface area contributed by atoms with Gasteiger partial charge in [0.15, 0.2) is 0 Å². The highest BCUT2D eigenvalue weighted by Gasteiger charge is 2.17. The van der Waals surface area contributed by atoms with Crippen LogP contribution in [0.25, 0.3) is 0 Å². The Kier molecular flexibility index (Phi) is 4.26. The first-order valence-corrected chi connectivity index (χ1v) is 5.68. The Balaban J connectivity index is 2.82. The largest absolute Gasteiger partial charge is 0.369 e. The molecule has 0 aliphatic heterocycles. The SMILES string of the molecule is CCC(C)(C)c1ccc(C=NN=C(N)N)cc1. The smallest absolute Gasteiger partial charge is 0.211 e. The second-order valence-corrected chi connectivity index (χ2v) is 4.63. The molecule has 0 fully saturated rings. The predicted octanol–water partition coefficient (Wildman–Crippen LogP) is 1.98. The van der Waals surface area contributed by atoms with Crippen molar-refractivity contribution in [1.29, 1.82) is 0 Å². The quantitative estimate of drug-likeness (QED) is 0.473. The van der Waals surface area contributed by atoms with E-state index in [0.29, 0.717) is 0 Å². The van der Waals surface area contributed by atoms with Crippen LogP contribution in [-0.4, -0.2) is 12.2 Å². The van der Waals surface area contributed by atoms with E-state index >= 15 is 0 Å². The number of rotatable bonds is 4. The van der Waals surface area contributed by atoms with Crippen LogP contribution in [0.3, 0.4) is 0 Å². The van der Waals surface area contributed by atoms with Crippen LogP contribution in [0.5, 0.6) is 0 Å². The Hall–Kier alpha value is -1.84. The minimum Gasteiger partial charge on any atom is -0.369 e. The summed E-state index contributed by atoms with van der Waals surface area (Å²) in [5.74, 6) is -0.0370. The Morgan fingerprint density at radius 2 is 1.82 bits per heavy atom. The molecule has 0 bridgehead atoms. The third kappa shape index (κ3) is 3.90. The standard InChI is InChI=1S/C13H20N4/c1-4-13(2,3)11-7-5-10(6-8-11)9-16-17-12(14)15/h5-9H,4H2,1-3H3,(H4,14,15,17). The van der Waals surface area contributed by atoms with Crippen molar-refractivity contribution in [2.24, 2.45) is 21.7 Å². The molecule has 0 aromatic heterocycles. The number of hydrogen-bond acceptors (Lipinski definition) is 2. The highest BCUT2D eigenvalue weighted by molar-refractivity contribution is 5.81. The van der Waals surface area contributed by atoms with E-state index in [0.717, 1.165) is 12.0 Å². The third-order valence-corrected chi connectivity index (χ3v) is 2.96. The number of nitrogens with two attached hydrogens (primary N) is 2. The monoisotopic (exact) mass is 232 g/mol. The fourth-order valence-electron chi connectivity index (χ4n) is 1.39. The lowest BCUT2D eigenvalue weighted by Gasteiger charge is -2.23. The van der Waals surface area contributed by atoms with E-state index in [1.807, 2.05) is 12.1 Å². The van der Waals surface area contributed by atoms with Gasteiger partial charge in [-0.1, -0.05) is 45.0 Å². The van der Waals surface area contributed by atoms with Crippen LogP contribution < -0.4 is 11.5 Å². The zero-order valence-electron chi connectivity index (χ0n) is 10.6. The molecule has 1 rings (SSSR count). The summed E-state index contributed by atoms with van der Waals surface area (Å²) in [5, 5.41) is 7.31. The van der Waals surface area contributed by atoms with E-state index < -0.39 is 0 Å². The van der Waals surface area contributed by atoms with Crippen molar-refractivity contribution in [1.82, 2.24) is 0 Å². The van der Waals surface area contributed by atoms with Crippen molar-refractivity contribution < 1.29 is 0 Å². The highest BCUT2D eigenvalue weighted by Crippen LogP contribution is 2.26. The zero-order chi connectivity index (χ0) is 12.9. The van der Waals surface area contributed by atoms with Gasteiger partial charge < -0.3 is 11.5 Å². The van der Waals surface area contributed by atoms with Crippen LogP contribution in [0.4, 0.5) is 0 Å². The first-order valence-electron chi connectivity index (χ1n) is 5.68. The van der Waals surface area contributed by atoms with Crippen LogP contribution in [-0.2, 0) is 5.41 Å². The first kappa shape index (κ1) is 13.2. The van der Waals surface area contributed by atoms with Gasteiger partial charge in [-0.05, 0) is 23.0 Å². The molecule has 0 saturated carbocycles. The summed E-state index contributed by atoms with van der Waals surface area (Å²) >= 11 is 0. The van der Waals surface area contributed by atoms with E-state index in [1.165, 1.54) is 5.56 Å². The van der Waals surface area contributed by atoms with Gasteiger partial charge in [0, 0.05) is 0 Å². The lowest BCUT2D eigenvalue weighted by Crippen LogP contribution is -2.21. The highest BCUT2D eigenvalue weighted by atomic mass is 15.3. The normalized spacial score (nSPS) is 11.7. The van der Waals surface area contributed by atoms with Gasteiger partial charge in [-0.25, -0.2) is 0 Å². The molecule has 4 heteroatoms. The van der Waals surface area contributed by atoms with Gasteiger partial charge in [0.2, 0.25) is 5.96 Å². The van der Waals surface area contributed by atoms with E-state index in [2.05, 4.69) is 43.1 Å².